The topological polar surface area (TPSA) is 239 Å². The highest BCUT2D eigenvalue weighted by atomic mass is 35.5. The third kappa shape index (κ3) is 9.61. The molecule has 278 valence electrons. The van der Waals surface area contributed by atoms with E-state index in [1.807, 2.05) is 6.07 Å². The average Bonchev–Trinajstić information content (AvgIpc) is 3.80. The molecule has 19 heteroatoms. The normalized spacial score (nSPS) is 12.7. The Morgan fingerprint density at radius 2 is 1.30 bits per heavy atom. The van der Waals surface area contributed by atoms with Crippen molar-refractivity contribution in [1.29, 1.82) is 0 Å². The Balaban J connectivity index is 0.000000155. The minimum Gasteiger partial charge on any atom is -0.354 e. The summed E-state index contributed by atoms with van der Waals surface area (Å²) in [4.78, 5) is 54.6. The lowest BCUT2D eigenvalue weighted by molar-refractivity contribution is -0.116. The molecule has 4 aromatic heterocycles. The summed E-state index contributed by atoms with van der Waals surface area (Å²) in [5.74, 6) is 0.187. The molecule has 8 rings (SSSR count). The van der Waals surface area contributed by atoms with Crippen molar-refractivity contribution < 1.29 is 18.0 Å². The predicted octanol–water partition coefficient (Wildman–Crippen LogP) is 4.28. The summed E-state index contributed by atoms with van der Waals surface area (Å²) < 4.78 is 23.2. The van der Waals surface area contributed by atoms with E-state index in [-0.39, 0.29) is 29.8 Å². The number of fused-ring (bicyclic) bond motifs is 6. The Kier molecular flexibility index (Phi) is 11.9. The molecule has 0 unspecified atom stereocenters. The van der Waals surface area contributed by atoms with Crippen LogP contribution in [0.5, 0.6) is 0 Å². The van der Waals surface area contributed by atoms with Gasteiger partial charge in [-0.15, -0.1) is 0 Å². The van der Waals surface area contributed by atoms with Crippen LogP contribution in [0, 0.1) is 0 Å². The van der Waals surface area contributed by atoms with Crippen LogP contribution in [0.25, 0.3) is 22.5 Å². The van der Waals surface area contributed by atoms with E-state index in [2.05, 4.69) is 55.8 Å². The number of carbonyl (C=O) groups excluding carboxylic acids is 2. The van der Waals surface area contributed by atoms with Crippen LogP contribution < -0.4 is 21.7 Å². The van der Waals surface area contributed by atoms with Crippen molar-refractivity contribution in [2.45, 2.75) is 30.8 Å². The molecule has 7 N–H and O–H groups in total. The molecule has 0 saturated heterocycles. The molecule has 0 saturated carbocycles. The number of rotatable bonds is 7. The Hall–Kier alpha value is -5.75. The van der Waals surface area contributed by atoms with Crippen LogP contribution in [0.2, 0.25) is 10.0 Å². The maximum Gasteiger partial charge on any atom is 0.247 e. The van der Waals surface area contributed by atoms with Crippen LogP contribution >= 0.6 is 23.2 Å². The number of nitrogens with one attached hydrogen (secondary N) is 5. The predicted molar refractivity (Wildman–Crippen MR) is 205 cm³/mol. The molecule has 0 radical (unpaired) electrons. The van der Waals surface area contributed by atoms with Crippen LogP contribution in [0.15, 0.2) is 79.0 Å². The second-order valence-electron chi connectivity index (χ2n) is 12.1. The van der Waals surface area contributed by atoms with Crippen molar-refractivity contribution >= 4 is 62.2 Å². The number of H-pyrrole nitrogens is 2. The second-order valence-corrected chi connectivity index (χ2v) is 14.8. The molecular weight excluding hydrogens is 755 g/mol. The van der Waals surface area contributed by atoms with Crippen LogP contribution in [0.3, 0.4) is 0 Å². The van der Waals surface area contributed by atoms with Gasteiger partial charge in [-0.3, -0.25) is 9.59 Å². The number of benzene rings is 2. The van der Waals surface area contributed by atoms with Gasteiger partial charge in [0.05, 0.1) is 48.3 Å². The fraction of sp³-hybridized carbons (Fsp3) is 0.200. The first-order valence-corrected chi connectivity index (χ1v) is 19.1. The van der Waals surface area contributed by atoms with Crippen molar-refractivity contribution in [1.82, 2.24) is 39.9 Å². The Morgan fingerprint density at radius 1 is 0.759 bits per heavy atom. The van der Waals surface area contributed by atoms with Gasteiger partial charge in [-0.05, 0) is 42.9 Å². The van der Waals surface area contributed by atoms with Crippen LogP contribution in [-0.2, 0) is 45.1 Å². The highest BCUT2D eigenvalue weighted by Crippen LogP contribution is 2.36. The highest BCUT2D eigenvalue weighted by Gasteiger charge is 2.24. The molecule has 6 heterocycles. The maximum absolute atomic E-state index is 12.1. The molecule has 0 atom stereocenters. The first-order chi connectivity index (χ1) is 26.0. The zero-order chi connectivity index (χ0) is 38.2. The van der Waals surface area contributed by atoms with E-state index in [0.29, 0.717) is 57.3 Å². The summed E-state index contributed by atoms with van der Waals surface area (Å²) in [7, 11) is -3.53. The van der Waals surface area contributed by atoms with E-state index in [4.69, 9.17) is 28.9 Å². The zero-order valence-electron chi connectivity index (χ0n) is 28.7. The summed E-state index contributed by atoms with van der Waals surface area (Å²) in [6.07, 6.45) is 13.0. The molecule has 0 bridgehead atoms. The third-order valence-corrected chi connectivity index (χ3v) is 9.29. The number of carbonyl (C=O) groups is 2. The fourth-order valence-corrected chi connectivity index (χ4v) is 6.33. The fourth-order valence-electron chi connectivity index (χ4n) is 5.48. The molecule has 2 amide bonds. The standard InChI is InChI=1S/C17H15ClN6O.C13H10ClN3O3S.C5H9N3/c18-11-1-2-13-14(6-11)23-15(25)5-10-7-21-17(24-16(10)13)20-4-3-12-8-19-9-22-12;1-21(19,20)13-15-6-7-4-11(18)16-10-5-8(14)2-3-9(10)12(7)17-13;6-2-1-5-3-7-4-8-5/h1-2,6-9H,3-5H2,(H,19,22)(H,23,25)(H,20,21,24);2-3,5-6H,4H2,1H3,(H,16,18);3-4H,1-2,6H2,(H,7,8). The van der Waals surface area contributed by atoms with Gasteiger partial charge in [-0.25, -0.2) is 38.3 Å². The van der Waals surface area contributed by atoms with E-state index in [9.17, 15) is 18.0 Å². The lowest BCUT2D eigenvalue weighted by Gasteiger charge is -2.10. The van der Waals surface area contributed by atoms with Crippen molar-refractivity contribution in [3.05, 3.63) is 106 Å². The Morgan fingerprint density at radius 3 is 1.81 bits per heavy atom. The highest BCUT2D eigenvalue weighted by molar-refractivity contribution is 7.90. The van der Waals surface area contributed by atoms with Crippen molar-refractivity contribution in [2.75, 3.05) is 35.3 Å². The van der Waals surface area contributed by atoms with Gasteiger partial charge in [0.2, 0.25) is 32.8 Å². The van der Waals surface area contributed by atoms with E-state index in [1.54, 1.807) is 61.6 Å². The summed E-state index contributed by atoms with van der Waals surface area (Å²) in [5, 5.41) is 9.57. The number of imidazole rings is 2. The van der Waals surface area contributed by atoms with Gasteiger partial charge in [0.15, 0.2) is 0 Å². The minimum absolute atomic E-state index is 0.0751. The number of nitrogens with zero attached hydrogens (tertiary/aromatic N) is 6. The zero-order valence-corrected chi connectivity index (χ0v) is 31.1. The van der Waals surface area contributed by atoms with Gasteiger partial charge in [0, 0.05) is 94.1 Å². The molecular formula is C35H34Cl2N12O4S. The van der Waals surface area contributed by atoms with Crippen LogP contribution in [-0.4, -0.2) is 79.4 Å². The van der Waals surface area contributed by atoms with Crippen molar-refractivity contribution in [3.8, 4) is 22.5 Å². The molecule has 2 aromatic carbocycles. The molecule has 2 aliphatic rings. The lowest BCUT2D eigenvalue weighted by Crippen LogP contribution is -2.13. The molecule has 0 spiro atoms. The van der Waals surface area contributed by atoms with E-state index < -0.39 is 9.84 Å². The van der Waals surface area contributed by atoms with Crippen molar-refractivity contribution in [3.63, 3.8) is 0 Å². The molecule has 6 aromatic rings. The van der Waals surface area contributed by atoms with Gasteiger partial charge in [0.25, 0.3) is 0 Å². The van der Waals surface area contributed by atoms with Gasteiger partial charge in [-0.2, -0.15) is 0 Å². The summed E-state index contributed by atoms with van der Waals surface area (Å²) in [6.45, 7) is 1.35. The monoisotopic (exact) mass is 788 g/mol. The molecule has 16 nitrogen and oxygen atoms in total. The number of aromatic amines is 2. The summed E-state index contributed by atoms with van der Waals surface area (Å²) in [6, 6.07) is 10.3. The van der Waals surface area contributed by atoms with Gasteiger partial charge in [-0.1, -0.05) is 23.2 Å². The number of halogens is 2. The summed E-state index contributed by atoms with van der Waals surface area (Å²) in [5.41, 5.74) is 12.6. The summed E-state index contributed by atoms with van der Waals surface area (Å²) >= 11 is 12.0. The number of aromatic nitrogens is 8. The number of sulfone groups is 1. The van der Waals surface area contributed by atoms with Gasteiger partial charge in [0.1, 0.15) is 0 Å². The first-order valence-electron chi connectivity index (χ1n) is 16.5. The first kappa shape index (κ1) is 38.0. The number of anilines is 3. The number of nitrogens with two attached hydrogens (primary N) is 1. The maximum atomic E-state index is 12.1. The smallest absolute Gasteiger partial charge is 0.247 e. The molecule has 0 fully saturated rings. The van der Waals surface area contributed by atoms with E-state index >= 15 is 0 Å². The largest absolute Gasteiger partial charge is 0.354 e. The quantitative estimate of drug-likeness (QED) is 0.124. The van der Waals surface area contributed by atoms with E-state index in [1.165, 1.54) is 6.20 Å². The van der Waals surface area contributed by atoms with Crippen LogP contribution in [0.4, 0.5) is 17.3 Å². The van der Waals surface area contributed by atoms with Crippen LogP contribution in [0.1, 0.15) is 22.5 Å². The third-order valence-electron chi connectivity index (χ3n) is 7.96. The van der Waals surface area contributed by atoms with Crippen molar-refractivity contribution in [2.24, 2.45) is 5.73 Å². The SMILES string of the molecule is CS(=O)(=O)c1ncc2c(n1)-c1ccc(Cl)cc1NC(=O)C2.NCCc1cnc[nH]1.O=C1Cc2cnc(NCCc3cnc[nH]3)nc2-c2ccc(Cl)cc2N1. The Labute approximate surface area is 319 Å². The van der Waals surface area contributed by atoms with Gasteiger partial charge >= 0.3 is 0 Å². The molecule has 0 aliphatic carbocycles. The number of amides is 2. The molecule has 2 aliphatic heterocycles. The number of hydrogen-bond donors (Lipinski definition) is 6. The lowest BCUT2D eigenvalue weighted by atomic mass is 10.1. The minimum atomic E-state index is -3.53. The second kappa shape index (κ2) is 16.9. The Bertz CT molecular complexity index is 2390. The molecule has 54 heavy (non-hydrogen) atoms. The number of hydrogen-bond acceptors (Lipinski definition) is 12. The van der Waals surface area contributed by atoms with E-state index in [0.717, 1.165) is 47.3 Å². The average molecular weight is 790 g/mol. The van der Waals surface area contributed by atoms with Gasteiger partial charge < -0.3 is 31.7 Å².